The van der Waals surface area contributed by atoms with Gasteiger partial charge in [0.05, 0.1) is 6.04 Å². The van der Waals surface area contributed by atoms with Crippen LogP contribution in [-0.2, 0) is 30.4 Å². The third-order valence-electron chi connectivity index (χ3n) is 6.15. The third kappa shape index (κ3) is 9.05. The lowest BCUT2D eigenvalue weighted by Crippen LogP contribution is -2.57. The van der Waals surface area contributed by atoms with Crippen LogP contribution in [-0.4, -0.2) is 80.6 Å². The number of phenols is 1. The minimum Gasteiger partial charge on any atom is -0.508 e. The lowest BCUT2D eigenvalue weighted by molar-refractivity contribution is -0.145. The number of likely N-dealkylation sites (tertiary alicyclic amines) is 1. The van der Waals surface area contributed by atoms with E-state index in [1.54, 1.807) is 12.1 Å². The van der Waals surface area contributed by atoms with E-state index < -0.39 is 60.2 Å². The molecule has 1 saturated heterocycles. The van der Waals surface area contributed by atoms with Gasteiger partial charge in [-0.2, -0.15) is 0 Å². The molecule has 3 amide bonds. The molecule has 4 atom stereocenters. The van der Waals surface area contributed by atoms with E-state index in [1.165, 1.54) is 17.0 Å². The van der Waals surface area contributed by atoms with Gasteiger partial charge in [0, 0.05) is 13.0 Å². The van der Waals surface area contributed by atoms with Gasteiger partial charge in [-0.05, 0) is 55.7 Å². The van der Waals surface area contributed by atoms with E-state index in [9.17, 15) is 34.2 Å². The van der Waals surface area contributed by atoms with Gasteiger partial charge in [-0.25, -0.2) is 4.79 Å². The zero-order chi connectivity index (χ0) is 27.7. The van der Waals surface area contributed by atoms with Crippen molar-refractivity contribution in [1.29, 1.82) is 0 Å². The summed E-state index contributed by atoms with van der Waals surface area (Å²) in [5.74, 6) is -4.15. The summed E-state index contributed by atoms with van der Waals surface area (Å²) in [5, 5.41) is 33.0. The molecule has 0 radical (unpaired) electrons. The number of nitrogens with two attached hydrogens (primary N) is 1. The molecule has 4 unspecified atom stereocenters. The number of phenolic OH excluding ortho intramolecular Hbond substituents is 1. The maximum absolute atomic E-state index is 13.4. The second-order valence-electron chi connectivity index (χ2n) is 9.69. The van der Waals surface area contributed by atoms with E-state index >= 15 is 0 Å². The van der Waals surface area contributed by atoms with Gasteiger partial charge in [0.2, 0.25) is 17.7 Å². The fourth-order valence-electron chi connectivity index (χ4n) is 4.25. The molecule has 37 heavy (non-hydrogen) atoms. The summed E-state index contributed by atoms with van der Waals surface area (Å²) in [6, 6.07) is 1.80. The Balaban J connectivity index is 2.12. The molecular weight excluding hydrogens is 484 g/mol. The number of rotatable bonds is 13. The highest BCUT2D eigenvalue weighted by Gasteiger charge is 2.39. The molecule has 1 aromatic rings. The maximum Gasteiger partial charge on any atom is 0.326 e. The molecule has 1 aliphatic rings. The van der Waals surface area contributed by atoms with Crippen molar-refractivity contribution in [3.8, 4) is 5.75 Å². The topological polar surface area (TPSA) is 199 Å². The summed E-state index contributed by atoms with van der Waals surface area (Å²) in [6.07, 6.45) is 0.536. The Kier molecular flexibility index (Phi) is 10.9. The minimum atomic E-state index is -1.23. The first-order valence-corrected chi connectivity index (χ1v) is 12.3. The van der Waals surface area contributed by atoms with Gasteiger partial charge in [0.1, 0.15) is 23.9 Å². The second kappa shape index (κ2) is 13.6. The number of aliphatic carboxylic acids is 2. The van der Waals surface area contributed by atoms with E-state index in [1.807, 2.05) is 13.8 Å². The van der Waals surface area contributed by atoms with Gasteiger partial charge in [-0.3, -0.25) is 19.2 Å². The van der Waals surface area contributed by atoms with Crippen molar-refractivity contribution in [3.05, 3.63) is 29.8 Å². The van der Waals surface area contributed by atoms with Gasteiger partial charge in [0.25, 0.3) is 0 Å². The number of carboxylic acids is 2. The summed E-state index contributed by atoms with van der Waals surface area (Å²) >= 11 is 0. The predicted molar refractivity (Wildman–Crippen MR) is 132 cm³/mol. The number of carbonyl (C=O) groups excluding carboxylic acids is 3. The molecule has 2 rings (SSSR count). The van der Waals surface area contributed by atoms with Crippen molar-refractivity contribution in [1.82, 2.24) is 15.5 Å². The number of carbonyl (C=O) groups is 5. The molecule has 1 aliphatic heterocycles. The van der Waals surface area contributed by atoms with Gasteiger partial charge in [-0.1, -0.05) is 26.0 Å². The fourth-order valence-corrected chi connectivity index (χ4v) is 4.25. The number of hydrogen-bond donors (Lipinski definition) is 6. The molecule has 12 nitrogen and oxygen atoms in total. The first-order valence-electron chi connectivity index (χ1n) is 12.3. The number of amides is 3. The molecule has 204 valence electrons. The summed E-state index contributed by atoms with van der Waals surface area (Å²) in [5.41, 5.74) is 6.69. The molecule has 0 aromatic heterocycles. The zero-order valence-corrected chi connectivity index (χ0v) is 21.1. The van der Waals surface area contributed by atoms with Crippen molar-refractivity contribution in [3.63, 3.8) is 0 Å². The van der Waals surface area contributed by atoms with Crippen LogP contribution in [0.4, 0.5) is 0 Å². The monoisotopic (exact) mass is 520 g/mol. The molecule has 7 N–H and O–H groups in total. The Morgan fingerprint density at radius 2 is 1.70 bits per heavy atom. The van der Waals surface area contributed by atoms with Crippen LogP contribution in [0.3, 0.4) is 0 Å². The first kappa shape index (κ1) is 29.6. The highest BCUT2D eigenvalue weighted by molar-refractivity contribution is 5.94. The van der Waals surface area contributed by atoms with E-state index in [0.29, 0.717) is 18.4 Å². The van der Waals surface area contributed by atoms with E-state index in [0.717, 1.165) is 0 Å². The van der Waals surface area contributed by atoms with E-state index in [2.05, 4.69) is 10.6 Å². The Labute approximate surface area is 215 Å². The fraction of sp³-hybridized carbons (Fsp3) is 0.560. The van der Waals surface area contributed by atoms with Crippen LogP contribution in [0.5, 0.6) is 5.75 Å². The lowest BCUT2D eigenvalue weighted by Gasteiger charge is -2.30. The Bertz CT molecular complexity index is 981. The number of nitrogens with zero attached hydrogens (tertiary/aromatic N) is 1. The molecular formula is C25H36N4O8. The largest absolute Gasteiger partial charge is 0.508 e. The van der Waals surface area contributed by atoms with Crippen molar-refractivity contribution in [2.45, 2.75) is 76.5 Å². The van der Waals surface area contributed by atoms with Crippen LogP contribution >= 0.6 is 0 Å². The van der Waals surface area contributed by atoms with Crippen LogP contribution in [0.15, 0.2) is 24.3 Å². The number of hydrogen-bond acceptors (Lipinski definition) is 7. The minimum absolute atomic E-state index is 0.0177. The van der Waals surface area contributed by atoms with Crippen molar-refractivity contribution in [2.75, 3.05) is 6.54 Å². The van der Waals surface area contributed by atoms with Gasteiger partial charge < -0.3 is 36.6 Å². The summed E-state index contributed by atoms with van der Waals surface area (Å²) in [4.78, 5) is 63.1. The lowest BCUT2D eigenvalue weighted by atomic mass is 10.0. The van der Waals surface area contributed by atoms with Crippen molar-refractivity contribution >= 4 is 29.7 Å². The second-order valence-corrected chi connectivity index (χ2v) is 9.69. The molecule has 0 bridgehead atoms. The summed E-state index contributed by atoms with van der Waals surface area (Å²) in [7, 11) is 0. The Hall–Kier alpha value is -3.67. The number of benzene rings is 1. The first-order chi connectivity index (χ1) is 17.4. The van der Waals surface area contributed by atoms with Crippen LogP contribution < -0.4 is 16.4 Å². The normalized spacial score (nSPS) is 17.6. The molecule has 1 heterocycles. The van der Waals surface area contributed by atoms with Crippen LogP contribution in [0, 0.1) is 5.92 Å². The van der Waals surface area contributed by atoms with Crippen LogP contribution in [0.25, 0.3) is 0 Å². The van der Waals surface area contributed by atoms with E-state index in [-0.39, 0.29) is 37.5 Å². The quantitative estimate of drug-likeness (QED) is 0.210. The number of aromatic hydroxyl groups is 1. The Morgan fingerprint density at radius 1 is 1.05 bits per heavy atom. The highest BCUT2D eigenvalue weighted by atomic mass is 16.4. The molecule has 1 fully saturated rings. The molecule has 12 heteroatoms. The summed E-state index contributed by atoms with van der Waals surface area (Å²) < 4.78 is 0. The van der Waals surface area contributed by atoms with Crippen LogP contribution in [0.2, 0.25) is 0 Å². The Morgan fingerprint density at radius 3 is 2.27 bits per heavy atom. The maximum atomic E-state index is 13.4. The van der Waals surface area contributed by atoms with Crippen LogP contribution in [0.1, 0.15) is 51.5 Å². The van der Waals surface area contributed by atoms with Crippen molar-refractivity contribution in [2.24, 2.45) is 11.7 Å². The average Bonchev–Trinajstić information content (AvgIpc) is 3.31. The predicted octanol–water partition coefficient (Wildman–Crippen LogP) is 0.218. The van der Waals surface area contributed by atoms with Gasteiger partial charge in [-0.15, -0.1) is 0 Å². The standard InChI is InChI=1S/C25H36N4O8/c1-14(2)12-19(25(36)37)28-23(34)20-4-3-11-29(20)24(35)18(9-10-21(31)32)27-22(33)17(26)13-15-5-7-16(30)8-6-15/h5-8,14,17-20,30H,3-4,9-13,26H2,1-2H3,(H,27,33)(H,28,34)(H,31,32)(H,36,37). The molecule has 0 aliphatic carbocycles. The molecule has 0 spiro atoms. The molecule has 0 saturated carbocycles. The highest BCUT2D eigenvalue weighted by Crippen LogP contribution is 2.21. The SMILES string of the molecule is CC(C)CC(NC(=O)C1CCCN1C(=O)C(CCC(=O)O)NC(=O)C(N)Cc1ccc(O)cc1)C(=O)O. The smallest absolute Gasteiger partial charge is 0.326 e. The van der Waals surface area contributed by atoms with E-state index in [4.69, 9.17) is 10.8 Å². The van der Waals surface area contributed by atoms with Gasteiger partial charge >= 0.3 is 11.9 Å². The third-order valence-corrected chi connectivity index (χ3v) is 6.15. The zero-order valence-electron chi connectivity index (χ0n) is 21.1. The van der Waals surface area contributed by atoms with Gasteiger partial charge in [0.15, 0.2) is 0 Å². The number of carboxylic acid groups (broad SMARTS) is 2. The number of nitrogens with one attached hydrogen (secondary N) is 2. The average molecular weight is 521 g/mol. The molecule has 1 aromatic carbocycles. The van der Waals surface area contributed by atoms with Crippen molar-refractivity contribution < 1.29 is 39.3 Å². The summed E-state index contributed by atoms with van der Waals surface area (Å²) in [6.45, 7) is 3.86.